The van der Waals surface area contributed by atoms with E-state index in [1.54, 1.807) is 7.05 Å². The van der Waals surface area contributed by atoms with Gasteiger partial charge < -0.3 is 5.32 Å². The van der Waals surface area contributed by atoms with E-state index >= 15 is 0 Å². The minimum atomic E-state index is -4.07. The molecule has 1 unspecified atom stereocenters. The fourth-order valence-electron chi connectivity index (χ4n) is 1.85. The Kier molecular flexibility index (Phi) is 4.19. The normalized spacial score (nSPS) is 25.1. The Balaban J connectivity index is 2.37. The molecule has 5 heteroatoms. The number of halogens is 3. The molecule has 0 bridgehead atoms. The van der Waals surface area contributed by atoms with Crippen LogP contribution in [0.3, 0.4) is 0 Å². The summed E-state index contributed by atoms with van der Waals surface area (Å²) in [7, 11) is 1.56. The summed E-state index contributed by atoms with van der Waals surface area (Å²) >= 11 is 0. The van der Waals surface area contributed by atoms with Crippen molar-refractivity contribution in [3.05, 3.63) is 0 Å². The fourth-order valence-corrected chi connectivity index (χ4v) is 1.85. The van der Waals surface area contributed by atoms with E-state index in [4.69, 9.17) is 0 Å². The van der Waals surface area contributed by atoms with Crippen molar-refractivity contribution in [1.82, 2.24) is 10.2 Å². The highest BCUT2D eigenvalue weighted by atomic mass is 19.4. The molecular weight excluding hydrogens is 193 g/mol. The topological polar surface area (TPSA) is 15.3 Å². The molecule has 0 radical (unpaired) electrons. The van der Waals surface area contributed by atoms with Crippen molar-refractivity contribution in [3.63, 3.8) is 0 Å². The minimum absolute atomic E-state index is 0.0756. The average Bonchev–Trinajstić information content (AvgIpc) is 2.27. The first kappa shape index (κ1) is 11.8. The second kappa shape index (κ2) is 4.98. The highest BCUT2D eigenvalue weighted by molar-refractivity contribution is 4.75. The van der Waals surface area contributed by atoms with Gasteiger partial charge in [-0.05, 0) is 39.4 Å². The minimum Gasteiger partial charge on any atom is -0.317 e. The van der Waals surface area contributed by atoms with Crippen LogP contribution in [-0.4, -0.2) is 43.8 Å². The number of hydrogen-bond acceptors (Lipinski definition) is 2. The van der Waals surface area contributed by atoms with Gasteiger partial charge in [-0.25, -0.2) is 0 Å². The van der Waals surface area contributed by atoms with Crippen LogP contribution in [0.25, 0.3) is 0 Å². The van der Waals surface area contributed by atoms with Crippen LogP contribution in [0.1, 0.15) is 19.3 Å². The zero-order valence-electron chi connectivity index (χ0n) is 8.40. The Labute approximate surface area is 82.5 Å². The lowest BCUT2D eigenvalue weighted by atomic mass is 10.1. The quantitative estimate of drug-likeness (QED) is 0.745. The molecule has 0 aromatic rings. The summed E-state index contributed by atoms with van der Waals surface area (Å²) in [4.78, 5) is 1.42. The molecular formula is C9H17F3N2. The second-order valence-corrected chi connectivity index (χ2v) is 3.87. The summed E-state index contributed by atoms with van der Waals surface area (Å²) in [6.07, 6.45) is -1.44. The lowest BCUT2D eigenvalue weighted by Crippen LogP contribution is -2.39. The van der Waals surface area contributed by atoms with Gasteiger partial charge in [0.2, 0.25) is 0 Å². The molecule has 1 N–H and O–H groups in total. The molecule has 1 aliphatic rings. The Hall–Kier alpha value is -0.290. The van der Waals surface area contributed by atoms with Crippen LogP contribution in [0.5, 0.6) is 0 Å². The van der Waals surface area contributed by atoms with Crippen LogP contribution in [0, 0.1) is 0 Å². The Morgan fingerprint density at radius 2 is 2.00 bits per heavy atom. The lowest BCUT2D eigenvalue weighted by Gasteiger charge is -2.27. The van der Waals surface area contributed by atoms with Crippen LogP contribution in [0.2, 0.25) is 0 Å². The van der Waals surface area contributed by atoms with Gasteiger partial charge in [-0.1, -0.05) is 0 Å². The van der Waals surface area contributed by atoms with E-state index in [2.05, 4.69) is 5.32 Å². The van der Waals surface area contributed by atoms with E-state index in [9.17, 15) is 13.2 Å². The van der Waals surface area contributed by atoms with Gasteiger partial charge in [0, 0.05) is 6.04 Å². The molecule has 2 nitrogen and oxygen atoms in total. The average molecular weight is 210 g/mol. The molecule has 14 heavy (non-hydrogen) atoms. The van der Waals surface area contributed by atoms with Gasteiger partial charge in [0.25, 0.3) is 0 Å². The molecule has 84 valence electrons. The van der Waals surface area contributed by atoms with Crippen LogP contribution < -0.4 is 5.32 Å². The first-order valence-corrected chi connectivity index (χ1v) is 4.97. The first-order chi connectivity index (χ1) is 6.49. The molecule has 0 saturated carbocycles. The van der Waals surface area contributed by atoms with Crippen molar-refractivity contribution in [2.24, 2.45) is 0 Å². The van der Waals surface area contributed by atoms with E-state index in [0.717, 1.165) is 32.4 Å². The molecule has 0 aliphatic carbocycles. The number of rotatable bonds is 2. The van der Waals surface area contributed by atoms with E-state index < -0.39 is 12.7 Å². The molecule has 0 aromatic carbocycles. The smallest absolute Gasteiger partial charge is 0.317 e. The Morgan fingerprint density at radius 3 is 2.64 bits per heavy atom. The van der Waals surface area contributed by atoms with Gasteiger partial charge in [-0.15, -0.1) is 0 Å². The highest BCUT2D eigenvalue weighted by Gasteiger charge is 2.31. The number of hydrogen-bond donors (Lipinski definition) is 1. The summed E-state index contributed by atoms with van der Waals surface area (Å²) in [6.45, 7) is 0.959. The van der Waals surface area contributed by atoms with Crippen molar-refractivity contribution in [2.75, 3.05) is 26.7 Å². The third-order valence-electron chi connectivity index (χ3n) is 2.60. The molecule has 0 spiro atoms. The standard InChI is InChI=1S/C9H17F3N2/c1-14(7-9(10,11)12)8-3-2-5-13-6-4-8/h8,13H,2-7H2,1H3. The maximum Gasteiger partial charge on any atom is 0.401 e. The van der Waals surface area contributed by atoms with Gasteiger partial charge in [0.1, 0.15) is 0 Å². The van der Waals surface area contributed by atoms with Crippen molar-refractivity contribution < 1.29 is 13.2 Å². The van der Waals surface area contributed by atoms with Crippen LogP contribution >= 0.6 is 0 Å². The predicted molar refractivity (Wildman–Crippen MR) is 49.2 cm³/mol. The van der Waals surface area contributed by atoms with Crippen molar-refractivity contribution >= 4 is 0 Å². The molecule has 1 saturated heterocycles. The van der Waals surface area contributed by atoms with Crippen LogP contribution in [0.15, 0.2) is 0 Å². The Bertz CT molecular complexity index is 162. The van der Waals surface area contributed by atoms with Gasteiger partial charge in [-0.3, -0.25) is 4.90 Å². The zero-order valence-corrected chi connectivity index (χ0v) is 8.40. The highest BCUT2D eigenvalue weighted by Crippen LogP contribution is 2.20. The van der Waals surface area contributed by atoms with E-state index in [-0.39, 0.29) is 6.04 Å². The Morgan fingerprint density at radius 1 is 1.29 bits per heavy atom. The van der Waals surface area contributed by atoms with Gasteiger partial charge in [0.15, 0.2) is 0 Å². The molecule has 0 amide bonds. The molecule has 1 atom stereocenters. The maximum absolute atomic E-state index is 12.1. The molecule has 1 aliphatic heterocycles. The fraction of sp³-hybridized carbons (Fsp3) is 1.00. The molecule has 1 heterocycles. The summed E-state index contributed by atoms with van der Waals surface area (Å²) in [5.41, 5.74) is 0. The van der Waals surface area contributed by atoms with Crippen LogP contribution in [0.4, 0.5) is 13.2 Å². The zero-order chi connectivity index (χ0) is 10.6. The molecule has 1 fully saturated rings. The monoisotopic (exact) mass is 210 g/mol. The number of nitrogens with zero attached hydrogens (tertiary/aromatic N) is 1. The van der Waals surface area contributed by atoms with Crippen molar-refractivity contribution in [2.45, 2.75) is 31.5 Å². The van der Waals surface area contributed by atoms with E-state index in [1.165, 1.54) is 4.90 Å². The summed E-state index contributed by atoms with van der Waals surface area (Å²) in [6, 6.07) is 0.0756. The SMILES string of the molecule is CN(CC(F)(F)F)C1CCCNCC1. The third kappa shape index (κ3) is 4.28. The van der Waals surface area contributed by atoms with Crippen LogP contribution in [-0.2, 0) is 0 Å². The summed E-state index contributed by atoms with van der Waals surface area (Å²) < 4.78 is 36.3. The third-order valence-corrected chi connectivity index (χ3v) is 2.60. The number of nitrogens with one attached hydrogen (secondary N) is 1. The van der Waals surface area contributed by atoms with Gasteiger partial charge in [-0.2, -0.15) is 13.2 Å². The van der Waals surface area contributed by atoms with E-state index in [1.807, 2.05) is 0 Å². The first-order valence-electron chi connectivity index (χ1n) is 4.97. The predicted octanol–water partition coefficient (Wildman–Crippen LogP) is 1.62. The summed E-state index contributed by atoms with van der Waals surface area (Å²) in [5.74, 6) is 0. The number of alkyl halides is 3. The molecule has 0 aromatic heterocycles. The van der Waals surface area contributed by atoms with Gasteiger partial charge >= 0.3 is 6.18 Å². The van der Waals surface area contributed by atoms with Gasteiger partial charge in [0.05, 0.1) is 6.54 Å². The summed E-state index contributed by atoms with van der Waals surface area (Å²) in [5, 5.41) is 3.19. The largest absolute Gasteiger partial charge is 0.401 e. The maximum atomic E-state index is 12.1. The van der Waals surface area contributed by atoms with Crippen molar-refractivity contribution in [1.29, 1.82) is 0 Å². The van der Waals surface area contributed by atoms with E-state index in [0.29, 0.717) is 0 Å². The lowest BCUT2D eigenvalue weighted by molar-refractivity contribution is -0.147. The van der Waals surface area contributed by atoms with Crippen molar-refractivity contribution in [3.8, 4) is 0 Å². The second-order valence-electron chi connectivity index (χ2n) is 3.87. The molecule has 1 rings (SSSR count).